The molecule has 8 nitrogen and oxygen atoms in total. The number of halogens is 1. The molecule has 0 aromatic carbocycles. The summed E-state index contributed by atoms with van der Waals surface area (Å²) >= 11 is 0. The predicted octanol–water partition coefficient (Wildman–Crippen LogP) is -0.0843. The highest BCUT2D eigenvalue weighted by molar-refractivity contribution is 14.0. The summed E-state index contributed by atoms with van der Waals surface area (Å²) in [5.41, 5.74) is -0.000306. The second kappa shape index (κ2) is 10.2. The zero-order chi connectivity index (χ0) is 17.6. The first-order valence-corrected chi connectivity index (χ1v) is 10.2. The minimum Gasteiger partial charge on any atom is -0.379 e. The highest BCUT2D eigenvalue weighted by atomic mass is 127. The standard InChI is InChI=1S/C15H31N5O3S.HI/c1-15(2,19-8-10-23-11-9-19)13-18-14(16-3)17-5-7-20-6-4-12-24(20,21)22;/h4-13H2,1-3H3,(H2,16,17,18);1H. The maximum absolute atomic E-state index is 11.8. The second-order valence-corrected chi connectivity index (χ2v) is 8.92. The van der Waals surface area contributed by atoms with Crippen LogP contribution < -0.4 is 10.6 Å². The molecule has 2 N–H and O–H groups in total. The molecule has 0 unspecified atom stereocenters. The molecule has 0 aliphatic carbocycles. The molecule has 2 fully saturated rings. The third-order valence-electron chi connectivity index (χ3n) is 4.64. The number of nitrogens with one attached hydrogen (secondary N) is 2. The van der Waals surface area contributed by atoms with Gasteiger partial charge in [-0.2, -0.15) is 0 Å². The Morgan fingerprint density at radius 1 is 1.20 bits per heavy atom. The molecule has 0 aromatic rings. The molecule has 2 aliphatic rings. The fourth-order valence-corrected chi connectivity index (χ4v) is 4.57. The zero-order valence-electron chi connectivity index (χ0n) is 15.5. The van der Waals surface area contributed by atoms with E-state index < -0.39 is 10.0 Å². The highest BCUT2D eigenvalue weighted by Crippen LogP contribution is 2.15. The van der Waals surface area contributed by atoms with Gasteiger partial charge < -0.3 is 15.4 Å². The van der Waals surface area contributed by atoms with Crippen LogP contribution in [0.15, 0.2) is 4.99 Å². The Morgan fingerprint density at radius 2 is 1.88 bits per heavy atom. The van der Waals surface area contributed by atoms with Crippen LogP contribution in [0.4, 0.5) is 0 Å². The van der Waals surface area contributed by atoms with E-state index in [9.17, 15) is 8.42 Å². The summed E-state index contributed by atoms with van der Waals surface area (Å²) in [5.74, 6) is 0.973. The minimum absolute atomic E-state index is 0. The van der Waals surface area contributed by atoms with E-state index in [1.54, 1.807) is 11.4 Å². The van der Waals surface area contributed by atoms with E-state index in [-0.39, 0.29) is 35.3 Å². The van der Waals surface area contributed by atoms with Gasteiger partial charge in [-0.1, -0.05) is 0 Å². The lowest BCUT2D eigenvalue weighted by Crippen LogP contribution is -2.56. The van der Waals surface area contributed by atoms with Crippen molar-refractivity contribution in [2.75, 3.05) is 65.3 Å². The first-order chi connectivity index (χ1) is 11.3. The largest absolute Gasteiger partial charge is 0.379 e. The predicted molar refractivity (Wildman–Crippen MR) is 111 cm³/mol. The Hall–Kier alpha value is -0.170. The van der Waals surface area contributed by atoms with Gasteiger partial charge >= 0.3 is 0 Å². The van der Waals surface area contributed by atoms with Gasteiger partial charge in [0.2, 0.25) is 10.0 Å². The monoisotopic (exact) mass is 489 g/mol. The van der Waals surface area contributed by atoms with Gasteiger partial charge in [-0.25, -0.2) is 12.7 Å². The molecule has 0 saturated carbocycles. The number of morpholine rings is 1. The molecule has 148 valence electrons. The fourth-order valence-electron chi connectivity index (χ4n) is 3.04. The average Bonchev–Trinajstić information content (AvgIpc) is 2.90. The molecule has 25 heavy (non-hydrogen) atoms. The summed E-state index contributed by atoms with van der Waals surface area (Å²) in [6.07, 6.45) is 0.725. The Bertz CT molecular complexity index is 535. The summed E-state index contributed by atoms with van der Waals surface area (Å²) in [7, 11) is -1.30. The van der Waals surface area contributed by atoms with E-state index in [0.717, 1.165) is 39.3 Å². The van der Waals surface area contributed by atoms with Gasteiger partial charge in [-0.05, 0) is 20.3 Å². The van der Waals surface area contributed by atoms with Crippen molar-refractivity contribution in [1.29, 1.82) is 0 Å². The molecule has 2 aliphatic heterocycles. The minimum atomic E-state index is -3.03. The van der Waals surface area contributed by atoms with Crippen molar-refractivity contribution in [1.82, 2.24) is 19.8 Å². The van der Waals surface area contributed by atoms with Crippen LogP contribution in [0.1, 0.15) is 20.3 Å². The molecule has 10 heteroatoms. The van der Waals surface area contributed by atoms with Crippen LogP contribution >= 0.6 is 24.0 Å². The van der Waals surface area contributed by atoms with E-state index in [0.29, 0.717) is 25.6 Å². The van der Waals surface area contributed by atoms with Crippen molar-refractivity contribution < 1.29 is 13.2 Å². The molecular formula is C15H32IN5O3S. The fraction of sp³-hybridized carbons (Fsp3) is 0.933. The van der Waals surface area contributed by atoms with Crippen molar-refractivity contribution in [2.45, 2.75) is 25.8 Å². The summed E-state index contributed by atoms with van der Waals surface area (Å²) < 4.78 is 30.5. The number of hydrogen-bond donors (Lipinski definition) is 2. The first-order valence-electron chi connectivity index (χ1n) is 8.60. The quantitative estimate of drug-likeness (QED) is 0.309. The Kier molecular flexibility index (Phi) is 9.37. The number of guanidine groups is 1. The van der Waals surface area contributed by atoms with Gasteiger partial charge in [-0.3, -0.25) is 9.89 Å². The molecular weight excluding hydrogens is 457 g/mol. The Morgan fingerprint density at radius 3 is 2.44 bits per heavy atom. The third kappa shape index (κ3) is 6.81. The summed E-state index contributed by atoms with van der Waals surface area (Å²) in [4.78, 5) is 6.63. The summed E-state index contributed by atoms with van der Waals surface area (Å²) in [5, 5.41) is 6.54. The van der Waals surface area contributed by atoms with Gasteiger partial charge in [0, 0.05) is 51.9 Å². The number of aliphatic imine (C=N–C) groups is 1. The summed E-state index contributed by atoms with van der Waals surface area (Å²) in [6, 6.07) is 0. The van der Waals surface area contributed by atoms with Crippen LogP contribution in [-0.4, -0.2) is 94.4 Å². The number of ether oxygens (including phenoxy) is 1. The van der Waals surface area contributed by atoms with Crippen molar-refractivity contribution >= 4 is 40.0 Å². The average molecular weight is 489 g/mol. The summed E-state index contributed by atoms with van der Waals surface area (Å²) in [6.45, 7) is 10.3. The van der Waals surface area contributed by atoms with Crippen molar-refractivity contribution in [3.63, 3.8) is 0 Å². The van der Waals surface area contributed by atoms with E-state index >= 15 is 0 Å². The zero-order valence-corrected chi connectivity index (χ0v) is 18.6. The van der Waals surface area contributed by atoms with E-state index in [4.69, 9.17) is 4.74 Å². The number of rotatable bonds is 6. The smallest absolute Gasteiger partial charge is 0.214 e. The second-order valence-electron chi connectivity index (χ2n) is 6.83. The molecule has 0 bridgehead atoms. The molecule has 0 radical (unpaired) electrons. The first kappa shape index (κ1) is 22.9. The molecule has 2 saturated heterocycles. The van der Waals surface area contributed by atoms with Crippen molar-refractivity contribution in [3.8, 4) is 0 Å². The van der Waals surface area contributed by atoms with Gasteiger partial charge in [-0.15, -0.1) is 24.0 Å². The molecule has 2 rings (SSSR count). The van der Waals surface area contributed by atoms with E-state index in [1.807, 2.05) is 0 Å². The Labute approximate surface area is 168 Å². The van der Waals surface area contributed by atoms with Crippen LogP contribution in [0, 0.1) is 0 Å². The molecule has 0 atom stereocenters. The SMILES string of the molecule is CN=C(NCCN1CCCS1(=O)=O)NCC(C)(C)N1CCOCC1.I. The van der Waals surface area contributed by atoms with Crippen molar-refractivity contribution in [3.05, 3.63) is 0 Å². The van der Waals surface area contributed by atoms with Gasteiger partial charge in [0.1, 0.15) is 0 Å². The lowest BCUT2D eigenvalue weighted by Gasteiger charge is -2.41. The Balaban J connectivity index is 0.00000312. The van der Waals surface area contributed by atoms with Gasteiger partial charge in [0.15, 0.2) is 5.96 Å². The topological polar surface area (TPSA) is 86.3 Å². The van der Waals surface area contributed by atoms with E-state index in [2.05, 4.69) is 34.4 Å². The lowest BCUT2D eigenvalue weighted by molar-refractivity contribution is -0.00833. The van der Waals surface area contributed by atoms with Gasteiger partial charge in [0.05, 0.1) is 19.0 Å². The number of hydrogen-bond acceptors (Lipinski definition) is 5. The molecule has 0 spiro atoms. The molecule has 0 aromatic heterocycles. The number of sulfonamides is 1. The van der Waals surface area contributed by atoms with E-state index in [1.165, 1.54) is 0 Å². The third-order valence-corrected chi connectivity index (χ3v) is 6.59. The van der Waals surface area contributed by atoms with Crippen LogP contribution in [-0.2, 0) is 14.8 Å². The van der Waals surface area contributed by atoms with Crippen LogP contribution in [0.5, 0.6) is 0 Å². The van der Waals surface area contributed by atoms with Crippen LogP contribution in [0.25, 0.3) is 0 Å². The highest BCUT2D eigenvalue weighted by Gasteiger charge is 2.29. The molecule has 0 amide bonds. The van der Waals surface area contributed by atoms with Gasteiger partial charge in [0.25, 0.3) is 0 Å². The lowest BCUT2D eigenvalue weighted by atomic mass is 10.0. The normalized spacial score (nSPS) is 22.4. The number of nitrogens with zero attached hydrogens (tertiary/aromatic N) is 3. The van der Waals surface area contributed by atoms with Crippen molar-refractivity contribution in [2.24, 2.45) is 4.99 Å². The maximum Gasteiger partial charge on any atom is 0.214 e. The van der Waals surface area contributed by atoms with Crippen LogP contribution in [0.2, 0.25) is 0 Å². The van der Waals surface area contributed by atoms with Crippen LogP contribution in [0.3, 0.4) is 0 Å². The maximum atomic E-state index is 11.8. The molecule has 2 heterocycles.